The number of benzene rings is 2. The standard InChI is InChI=1S/C26H28F3N3O4/c1-19-11-12-23(36-19)17-32(16-20-7-4-3-5-8-20)24(33)18-31(13-14-35-2)25(34)30-22-10-6-9-21(15-22)26(27,28)29/h3-12,15H,13-14,16-18H2,1-2H3,(H,30,34). The van der Waals surface area contributed by atoms with Gasteiger partial charge in [-0.1, -0.05) is 36.4 Å². The molecule has 1 aromatic heterocycles. The van der Waals surface area contributed by atoms with Gasteiger partial charge in [0.25, 0.3) is 0 Å². The molecule has 1 N–H and O–H groups in total. The van der Waals surface area contributed by atoms with Crippen molar-refractivity contribution in [2.45, 2.75) is 26.2 Å². The molecule has 0 saturated heterocycles. The lowest BCUT2D eigenvalue weighted by molar-refractivity contribution is -0.137. The van der Waals surface area contributed by atoms with Gasteiger partial charge in [0.2, 0.25) is 5.91 Å². The Balaban J connectivity index is 1.76. The van der Waals surface area contributed by atoms with E-state index < -0.39 is 17.8 Å². The third kappa shape index (κ3) is 7.88. The van der Waals surface area contributed by atoms with Crippen LogP contribution in [0.15, 0.2) is 71.1 Å². The first-order valence-electron chi connectivity index (χ1n) is 11.2. The summed E-state index contributed by atoms with van der Waals surface area (Å²) in [5.74, 6) is 0.941. The number of furan rings is 1. The van der Waals surface area contributed by atoms with E-state index >= 15 is 0 Å². The van der Waals surface area contributed by atoms with Crippen molar-refractivity contribution < 1.29 is 31.9 Å². The minimum atomic E-state index is -4.55. The van der Waals surface area contributed by atoms with Crippen molar-refractivity contribution >= 4 is 17.6 Å². The highest BCUT2D eigenvalue weighted by atomic mass is 19.4. The van der Waals surface area contributed by atoms with Crippen molar-refractivity contribution in [3.05, 3.63) is 89.4 Å². The molecule has 3 amide bonds. The van der Waals surface area contributed by atoms with Crippen LogP contribution in [0.1, 0.15) is 22.6 Å². The average molecular weight is 504 g/mol. The summed E-state index contributed by atoms with van der Waals surface area (Å²) >= 11 is 0. The number of amides is 3. The van der Waals surface area contributed by atoms with E-state index in [9.17, 15) is 22.8 Å². The van der Waals surface area contributed by atoms with Crippen LogP contribution in [0.4, 0.5) is 23.7 Å². The summed E-state index contributed by atoms with van der Waals surface area (Å²) < 4.78 is 49.9. The Kier molecular flexibility index (Phi) is 9.13. The van der Waals surface area contributed by atoms with Gasteiger partial charge in [0, 0.05) is 25.9 Å². The van der Waals surface area contributed by atoms with Crippen LogP contribution in [-0.4, -0.2) is 48.5 Å². The summed E-state index contributed by atoms with van der Waals surface area (Å²) in [5, 5.41) is 2.45. The second kappa shape index (κ2) is 12.3. The van der Waals surface area contributed by atoms with Crippen LogP contribution in [0, 0.1) is 6.92 Å². The number of alkyl halides is 3. The Morgan fingerprint density at radius 1 is 0.972 bits per heavy atom. The maximum absolute atomic E-state index is 13.3. The van der Waals surface area contributed by atoms with E-state index in [1.807, 2.05) is 30.3 Å². The van der Waals surface area contributed by atoms with Crippen LogP contribution in [0.2, 0.25) is 0 Å². The molecule has 192 valence electrons. The summed E-state index contributed by atoms with van der Waals surface area (Å²) in [6, 6.07) is 16.6. The minimum absolute atomic E-state index is 0.0307. The normalized spacial score (nSPS) is 11.2. The fraction of sp³-hybridized carbons (Fsp3) is 0.308. The van der Waals surface area contributed by atoms with Crippen LogP contribution in [-0.2, 0) is 28.8 Å². The topological polar surface area (TPSA) is 75.0 Å². The van der Waals surface area contributed by atoms with Gasteiger partial charge in [0.05, 0.1) is 18.7 Å². The number of carbonyl (C=O) groups excluding carboxylic acids is 2. The Morgan fingerprint density at radius 3 is 2.36 bits per heavy atom. The number of urea groups is 1. The molecule has 0 spiro atoms. The lowest BCUT2D eigenvalue weighted by Gasteiger charge is -2.27. The third-order valence-corrected chi connectivity index (χ3v) is 5.33. The molecule has 0 saturated carbocycles. The molecule has 36 heavy (non-hydrogen) atoms. The predicted octanol–water partition coefficient (Wildman–Crippen LogP) is 5.32. The van der Waals surface area contributed by atoms with Crippen LogP contribution in [0.5, 0.6) is 0 Å². The quantitative estimate of drug-likeness (QED) is 0.407. The number of hydrogen-bond donors (Lipinski definition) is 1. The van der Waals surface area contributed by atoms with E-state index in [1.54, 1.807) is 24.0 Å². The number of ether oxygens (including phenoxy) is 1. The number of aryl methyl sites for hydroxylation is 1. The second-order valence-corrected chi connectivity index (χ2v) is 8.17. The van der Waals surface area contributed by atoms with Gasteiger partial charge in [-0.3, -0.25) is 4.79 Å². The van der Waals surface area contributed by atoms with Crippen molar-refractivity contribution in [1.82, 2.24) is 9.80 Å². The van der Waals surface area contributed by atoms with Gasteiger partial charge in [0.15, 0.2) is 0 Å². The minimum Gasteiger partial charge on any atom is -0.464 e. The number of rotatable bonds is 10. The zero-order chi connectivity index (χ0) is 26.1. The molecule has 0 atom stereocenters. The van der Waals surface area contributed by atoms with E-state index in [2.05, 4.69) is 5.32 Å². The highest BCUT2D eigenvalue weighted by Crippen LogP contribution is 2.30. The zero-order valence-corrected chi connectivity index (χ0v) is 20.0. The third-order valence-electron chi connectivity index (χ3n) is 5.33. The molecule has 0 aliphatic heterocycles. The van der Waals surface area contributed by atoms with Crippen molar-refractivity contribution in [3.8, 4) is 0 Å². The molecule has 1 heterocycles. The molecule has 0 fully saturated rings. The van der Waals surface area contributed by atoms with Gasteiger partial charge in [-0.2, -0.15) is 13.2 Å². The maximum Gasteiger partial charge on any atom is 0.416 e. The molecule has 0 bridgehead atoms. The number of nitrogens with one attached hydrogen (secondary N) is 1. The number of anilines is 1. The Morgan fingerprint density at radius 2 is 1.72 bits per heavy atom. The van der Waals surface area contributed by atoms with E-state index in [0.29, 0.717) is 11.5 Å². The monoisotopic (exact) mass is 503 g/mol. The molecule has 3 rings (SSSR count). The first kappa shape index (κ1) is 26.8. The van der Waals surface area contributed by atoms with E-state index in [-0.39, 0.29) is 44.4 Å². The Bertz CT molecular complexity index is 1150. The highest BCUT2D eigenvalue weighted by molar-refractivity contribution is 5.92. The Labute approximate surface area is 207 Å². The summed E-state index contributed by atoms with van der Waals surface area (Å²) in [7, 11) is 1.45. The Hall–Kier alpha value is -3.79. The lowest BCUT2D eigenvalue weighted by atomic mass is 10.2. The van der Waals surface area contributed by atoms with Crippen molar-refractivity contribution in [3.63, 3.8) is 0 Å². The van der Waals surface area contributed by atoms with Gasteiger partial charge in [-0.25, -0.2) is 4.79 Å². The van der Waals surface area contributed by atoms with Gasteiger partial charge in [-0.15, -0.1) is 0 Å². The van der Waals surface area contributed by atoms with Crippen LogP contribution in [0.3, 0.4) is 0 Å². The zero-order valence-electron chi connectivity index (χ0n) is 20.0. The number of methoxy groups -OCH3 is 1. The molecular formula is C26H28F3N3O4. The summed E-state index contributed by atoms with van der Waals surface area (Å²) in [6.07, 6.45) is -4.55. The number of nitrogens with zero attached hydrogens (tertiary/aromatic N) is 2. The SMILES string of the molecule is COCCN(CC(=O)N(Cc1ccccc1)Cc1ccc(C)o1)C(=O)Nc1cccc(C(F)(F)F)c1. The summed E-state index contributed by atoms with van der Waals surface area (Å²) in [4.78, 5) is 29.1. The molecular weight excluding hydrogens is 475 g/mol. The summed E-state index contributed by atoms with van der Waals surface area (Å²) in [6.45, 7) is 2.17. The lowest BCUT2D eigenvalue weighted by Crippen LogP contribution is -2.45. The van der Waals surface area contributed by atoms with Crippen molar-refractivity contribution in [2.75, 3.05) is 32.1 Å². The van der Waals surface area contributed by atoms with Crippen LogP contribution in [0.25, 0.3) is 0 Å². The fourth-order valence-corrected chi connectivity index (χ4v) is 3.49. The highest BCUT2D eigenvalue weighted by Gasteiger charge is 2.31. The molecule has 7 nitrogen and oxygen atoms in total. The fourth-order valence-electron chi connectivity index (χ4n) is 3.49. The number of hydrogen-bond acceptors (Lipinski definition) is 4. The van der Waals surface area contributed by atoms with E-state index in [0.717, 1.165) is 17.7 Å². The first-order valence-corrected chi connectivity index (χ1v) is 11.2. The first-order chi connectivity index (χ1) is 17.2. The molecule has 0 radical (unpaired) electrons. The number of halogens is 3. The van der Waals surface area contributed by atoms with Crippen molar-refractivity contribution in [2.24, 2.45) is 0 Å². The predicted molar refractivity (Wildman–Crippen MR) is 128 cm³/mol. The average Bonchev–Trinajstić information content (AvgIpc) is 3.26. The molecule has 2 aromatic carbocycles. The number of carbonyl (C=O) groups is 2. The van der Waals surface area contributed by atoms with E-state index in [1.165, 1.54) is 24.1 Å². The smallest absolute Gasteiger partial charge is 0.416 e. The van der Waals surface area contributed by atoms with Gasteiger partial charge in [-0.05, 0) is 42.8 Å². The van der Waals surface area contributed by atoms with Gasteiger partial charge < -0.3 is 24.3 Å². The molecule has 0 aliphatic rings. The van der Waals surface area contributed by atoms with Gasteiger partial charge in [0.1, 0.15) is 18.1 Å². The van der Waals surface area contributed by atoms with Crippen LogP contribution < -0.4 is 5.32 Å². The molecule has 0 unspecified atom stereocenters. The molecule has 0 aliphatic carbocycles. The van der Waals surface area contributed by atoms with Gasteiger partial charge >= 0.3 is 12.2 Å². The maximum atomic E-state index is 13.3. The second-order valence-electron chi connectivity index (χ2n) is 8.17. The van der Waals surface area contributed by atoms with E-state index in [4.69, 9.17) is 9.15 Å². The van der Waals surface area contributed by atoms with Crippen molar-refractivity contribution in [1.29, 1.82) is 0 Å². The van der Waals surface area contributed by atoms with Crippen LogP contribution >= 0.6 is 0 Å². The molecule has 3 aromatic rings. The molecule has 10 heteroatoms. The largest absolute Gasteiger partial charge is 0.464 e. The summed E-state index contributed by atoms with van der Waals surface area (Å²) in [5.41, 5.74) is -0.0227.